The maximum absolute atomic E-state index is 13.3. The van der Waals surface area contributed by atoms with Gasteiger partial charge in [0.05, 0.1) is 20.9 Å². The van der Waals surface area contributed by atoms with Crippen molar-refractivity contribution in [1.82, 2.24) is 4.98 Å². The van der Waals surface area contributed by atoms with Crippen LogP contribution in [-0.4, -0.2) is 21.6 Å². The highest BCUT2D eigenvalue weighted by atomic mass is 32.2. The second-order valence-corrected chi connectivity index (χ2v) is 7.14. The summed E-state index contributed by atoms with van der Waals surface area (Å²) in [5, 5.41) is 14.2. The van der Waals surface area contributed by atoms with Gasteiger partial charge in [0.15, 0.2) is 0 Å². The van der Waals surface area contributed by atoms with E-state index in [0.29, 0.717) is 5.75 Å². The molecule has 128 valence electrons. The number of nitro benzene ring substituents is 1. The summed E-state index contributed by atoms with van der Waals surface area (Å²) in [6.45, 7) is 0. The summed E-state index contributed by atoms with van der Waals surface area (Å²) in [6.07, 6.45) is 0. The predicted molar refractivity (Wildman–Crippen MR) is 97.5 cm³/mol. The van der Waals surface area contributed by atoms with Gasteiger partial charge in [-0.05, 0) is 24.3 Å². The SMILES string of the molecule is O=C(CSCc1nc2ccccc2s1)Nc1ccc(F)c([N+](=O)[O-])c1. The largest absolute Gasteiger partial charge is 0.325 e. The van der Waals surface area contributed by atoms with Crippen LogP contribution < -0.4 is 5.32 Å². The number of amides is 1. The first kappa shape index (κ1) is 17.3. The normalized spacial score (nSPS) is 10.8. The summed E-state index contributed by atoms with van der Waals surface area (Å²) >= 11 is 2.97. The van der Waals surface area contributed by atoms with Gasteiger partial charge in [-0.15, -0.1) is 23.1 Å². The second-order valence-electron chi connectivity index (χ2n) is 5.04. The molecular formula is C16H12FN3O3S2. The number of anilines is 1. The van der Waals surface area contributed by atoms with Crippen LogP contribution in [-0.2, 0) is 10.5 Å². The Kier molecular flexibility index (Phi) is 5.25. The standard InChI is InChI=1S/C16H12FN3O3S2/c17-11-6-5-10(7-13(11)20(22)23)18-15(21)8-24-9-16-19-12-3-1-2-4-14(12)25-16/h1-7H,8-9H2,(H,18,21). The van der Waals surface area contributed by atoms with E-state index in [9.17, 15) is 19.3 Å². The van der Waals surface area contributed by atoms with Crippen LogP contribution in [0.25, 0.3) is 10.2 Å². The first-order valence-corrected chi connectivity index (χ1v) is 9.16. The fourth-order valence-corrected chi connectivity index (χ4v) is 3.99. The van der Waals surface area contributed by atoms with Crippen molar-refractivity contribution >= 4 is 50.6 Å². The van der Waals surface area contributed by atoms with Crippen molar-refractivity contribution < 1.29 is 14.1 Å². The Balaban J connectivity index is 1.54. The molecule has 0 aliphatic carbocycles. The van der Waals surface area contributed by atoms with Gasteiger partial charge >= 0.3 is 5.69 Å². The predicted octanol–water partition coefficient (Wildman–Crippen LogP) is 4.22. The van der Waals surface area contributed by atoms with Crippen molar-refractivity contribution in [2.45, 2.75) is 5.75 Å². The molecule has 3 aromatic rings. The number of para-hydroxylation sites is 1. The van der Waals surface area contributed by atoms with Gasteiger partial charge < -0.3 is 5.32 Å². The second kappa shape index (κ2) is 7.58. The molecule has 25 heavy (non-hydrogen) atoms. The zero-order valence-corrected chi connectivity index (χ0v) is 14.4. The number of nitro groups is 1. The smallest absolute Gasteiger partial charge is 0.306 e. The molecule has 1 aromatic heterocycles. The van der Waals surface area contributed by atoms with Gasteiger partial charge in [0.2, 0.25) is 11.7 Å². The number of benzene rings is 2. The minimum absolute atomic E-state index is 0.168. The van der Waals surface area contributed by atoms with E-state index in [2.05, 4.69) is 10.3 Å². The molecule has 0 saturated heterocycles. The number of hydrogen-bond acceptors (Lipinski definition) is 6. The first-order chi connectivity index (χ1) is 12.0. The molecule has 9 heteroatoms. The summed E-state index contributed by atoms with van der Waals surface area (Å²) in [5.41, 5.74) is 0.463. The van der Waals surface area contributed by atoms with E-state index in [-0.39, 0.29) is 17.3 Å². The number of carbonyl (C=O) groups excluding carboxylic acids is 1. The Labute approximate surface area is 150 Å². The van der Waals surface area contributed by atoms with Crippen LogP contribution in [0.1, 0.15) is 5.01 Å². The highest BCUT2D eigenvalue weighted by molar-refractivity contribution is 7.99. The number of aromatic nitrogens is 1. The van der Waals surface area contributed by atoms with Gasteiger partial charge in [-0.1, -0.05) is 12.1 Å². The van der Waals surface area contributed by atoms with Gasteiger partial charge in [0.1, 0.15) is 5.01 Å². The first-order valence-electron chi connectivity index (χ1n) is 7.19. The zero-order chi connectivity index (χ0) is 17.8. The minimum Gasteiger partial charge on any atom is -0.325 e. The van der Waals surface area contributed by atoms with Gasteiger partial charge in [0.25, 0.3) is 0 Å². The Hall–Kier alpha value is -2.52. The summed E-state index contributed by atoms with van der Waals surface area (Å²) in [6, 6.07) is 11.1. The van der Waals surface area contributed by atoms with Crippen LogP contribution >= 0.6 is 23.1 Å². The van der Waals surface area contributed by atoms with E-state index in [1.54, 1.807) is 11.3 Å². The number of thiazole rings is 1. The molecule has 1 heterocycles. The van der Waals surface area contributed by atoms with Crippen molar-refractivity contribution in [2.75, 3.05) is 11.1 Å². The van der Waals surface area contributed by atoms with E-state index in [4.69, 9.17) is 0 Å². The maximum Gasteiger partial charge on any atom is 0.306 e. The summed E-state index contributed by atoms with van der Waals surface area (Å²) in [4.78, 5) is 26.3. The Morgan fingerprint density at radius 1 is 1.32 bits per heavy atom. The van der Waals surface area contributed by atoms with Crippen LogP contribution in [0.15, 0.2) is 42.5 Å². The highest BCUT2D eigenvalue weighted by Gasteiger charge is 2.15. The van der Waals surface area contributed by atoms with E-state index in [1.807, 2.05) is 24.3 Å². The number of nitrogens with zero attached hydrogens (tertiary/aromatic N) is 2. The fraction of sp³-hybridized carbons (Fsp3) is 0.125. The number of fused-ring (bicyclic) bond motifs is 1. The maximum atomic E-state index is 13.3. The zero-order valence-electron chi connectivity index (χ0n) is 12.8. The summed E-state index contributed by atoms with van der Waals surface area (Å²) < 4.78 is 14.4. The number of nitrogens with one attached hydrogen (secondary N) is 1. The van der Waals surface area contributed by atoms with Crippen molar-refractivity contribution in [3.8, 4) is 0 Å². The van der Waals surface area contributed by atoms with Crippen molar-refractivity contribution in [3.63, 3.8) is 0 Å². The number of hydrogen-bond donors (Lipinski definition) is 1. The van der Waals surface area contributed by atoms with Gasteiger partial charge in [0, 0.05) is 17.5 Å². The van der Waals surface area contributed by atoms with Crippen LogP contribution in [0.2, 0.25) is 0 Å². The molecular weight excluding hydrogens is 365 g/mol. The van der Waals surface area contributed by atoms with E-state index in [1.165, 1.54) is 17.8 Å². The molecule has 0 bridgehead atoms. The monoisotopic (exact) mass is 377 g/mol. The van der Waals surface area contributed by atoms with Crippen molar-refractivity contribution in [2.24, 2.45) is 0 Å². The number of carbonyl (C=O) groups is 1. The molecule has 0 unspecified atom stereocenters. The van der Waals surface area contributed by atoms with Crippen LogP contribution in [0, 0.1) is 15.9 Å². The molecule has 0 atom stereocenters. The van der Waals surface area contributed by atoms with Gasteiger partial charge in [-0.25, -0.2) is 4.98 Å². The van der Waals surface area contributed by atoms with E-state index in [0.717, 1.165) is 27.4 Å². The topological polar surface area (TPSA) is 85.1 Å². The molecule has 0 aliphatic rings. The third-order valence-corrected chi connectivity index (χ3v) is 5.39. The Bertz CT molecular complexity index is 912. The number of halogens is 1. The molecule has 1 amide bonds. The molecule has 1 N–H and O–H groups in total. The molecule has 0 aliphatic heterocycles. The van der Waals surface area contributed by atoms with E-state index >= 15 is 0 Å². The lowest BCUT2D eigenvalue weighted by Crippen LogP contribution is -2.14. The molecule has 0 radical (unpaired) electrons. The summed E-state index contributed by atoms with van der Waals surface area (Å²) in [7, 11) is 0. The highest BCUT2D eigenvalue weighted by Crippen LogP contribution is 2.25. The van der Waals surface area contributed by atoms with Crippen LogP contribution in [0.3, 0.4) is 0 Å². The fourth-order valence-electron chi connectivity index (χ4n) is 2.14. The number of thioether (sulfide) groups is 1. The Morgan fingerprint density at radius 3 is 2.88 bits per heavy atom. The van der Waals surface area contributed by atoms with Crippen molar-refractivity contribution in [1.29, 1.82) is 0 Å². The molecule has 3 rings (SSSR count). The number of rotatable bonds is 6. The van der Waals surface area contributed by atoms with Crippen molar-refractivity contribution in [3.05, 3.63) is 63.4 Å². The quantitative estimate of drug-likeness (QED) is 0.514. The average molecular weight is 377 g/mol. The third-order valence-electron chi connectivity index (χ3n) is 3.22. The lowest BCUT2D eigenvalue weighted by atomic mass is 10.2. The molecule has 0 saturated carbocycles. The lowest BCUT2D eigenvalue weighted by Gasteiger charge is -2.05. The van der Waals surface area contributed by atoms with Gasteiger partial charge in [-0.3, -0.25) is 14.9 Å². The third kappa shape index (κ3) is 4.31. The average Bonchev–Trinajstić information content (AvgIpc) is 2.99. The molecule has 6 nitrogen and oxygen atoms in total. The molecule has 2 aromatic carbocycles. The Morgan fingerprint density at radius 2 is 2.12 bits per heavy atom. The lowest BCUT2D eigenvalue weighted by molar-refractivity contribution is -0.387. The van der Waals surface area contributed by atoms with Gasteiger partial charge in [-0.2, -0.15) is 4.39 Å². The summed E-state index contributed by atoms with van der Waals surface area (Å²) in [5.74, 6) is -0.488. The minimum atomic E-state index is -0.937. The molecule has 0 spiro atoms. The van der Waals surface area contributed by atoms with E-state index < -0.39 is 16.4 Å². The molecule has 0 fully saturated rings. The van der Waals surface area contributed by atoms with Crippen LogP contribution in [0.5, 0.6) is 0 Å². The van der Waals surface area contributed by atoms with Crippen LogP contribution in [0.4, 0.5) is 15.8 Å².